The number of rotatable bonds is 14. The van der Waals surface area contributed by atoms with Crippen LogP contribution in [0.5, 0.6) is 11.5 Å². The molecule has 1 aromatic heterocycles. The number of methoxy groups -OCH3 is 1. The summed E-state index contributed by atoms with van der Waals surface area (Å²) in [6, 6.07) is 33.5. The number of hydrogen-bond acceptors (Lipinski definition) is 10. The van der Waals surface area contributed by atoms with Crippen molar-refractivity contribution in [1.82, 2.24) is 39.8 Å². The van der Waals surface area contributed by atoms with E-state index in [-0.39, 0.29) is 60.3 Å². The Hall–Kier alpha value is -4.14. The van der Waals surface area contributed by atoms with Gasteiger partial charge in [0.1, 0.15) is 17.3 Å². The summed E-state index contributed by atoms with van der Waals surface area (Å²) in [4.78, 5) is 32.2. The minimum absolute atomic E-state index is 0.000596. The number of Topliss-reactive ketones (excluding diaryl/α,β-unsaturated/α-hetero) is 1. The Kier molecular flexibility index (Phi) is 14.4. The van der Waals surface area contributed by atoms with Gasteiger partial charge in [-0.3, -0.25) is 19.5 Å². The summed E-state index contributed by atoms with van der Waals surface area (Å²) < 4.78 is 15.2. The number of benzene rings is 4. The molecule has 0 amide bonds. The molecule has 71 heavy (non-hydrogen) atoms. The fourth-order valence-electron chi connectivity index (χ4n) is 14.7. The summed E-state index contributed by atoms with van der Waals surface area (Å²) in [5, 5.41) is 9.83. The van der Waals surface area contributed by atoms with E-state index < -0.39 is 10.8 Å². The lowest BCUT2D eigenvalue weighted by molar-refractivity contribution is -0.154. The summed E-state index contributed by atoms with van der Waals surface area (Å²) in [5.74, 6) is 3.12. The molecule has 1 aliphatic carbocycles. The highest BCUT2D eigenvalue weighted by Crippen LogP contribution is 2.63. The Morgan fingerprint density at radius 3 is 2.28 bits per heavy atom. The molecule has 7 unspecified atom stereocenters. The molecular formula is C58H74Cl2N8O3. The number of likely N-dealkylation sites (tertiary alicyclic amines) is 2. The molecule has 4 saturated heterocycles. The molecule has 5 heterocycles. The Balaban J connectivity index is 1.09. The van der Waals surface area contributed by atoms with E-state index in [9.17, 15) is 0 Å². The number of carbonyl (C=O) groups is 1. The first-order valence-corrected chi connectivity index (χ1v) is 26.7. The predicted molar refractivity (Wildman–Crippen MR) is 285 cm³/mol. The Bertz CT molecular complexity index is 2670. The third-order valence-electron chi connectivity index (χ3n) is 17.9. The lowest BCUT2D eigenvalue weighted by Crippen LogP contribution is -2.73. The highest BCUT2D eigenvalue weighted by molar-refractivity contribution is 6.31. The fraction of sp³-hybridized carbons (Fsp3) is 0.517. The predicted octanol–water partition coefficient (Wildman–Crippen LogP) is 9.00. The molecule has 13 heteroatoms. The zero-order chi connectivity index (χ0) is 49.9. The first-order valence-electron chi connectivity index (χ1n) is 25.9. The van der Waals surface area contributed by atoms with Crippen molar-refractivity contribution in [2.75, 3.05) is 48.5 Å². The highest BCUT2D eigenvalue weighted by Gasteiger charge is 2.77. The first-order chi connectivity index (χ1) is 34.2. The number of likely N-dealkylation sites (N-methyl/N-ethyl adjacent to an activating group) is 2. The summed E-state index contributed by atoms with van der Waals surface area (Å²) in [6.45, 7) is 9.72. The lowest BCUT2D eigenvalue weighted by atomic mass is 9.54. The van der Waals surface area contributed by atoms with Crippen LogP contribution in [0, 0.1) is 16.7 Å². The van der Waals surface area contributed by atoms with Crippen LogP contribution in [0.3, 0.4) is 0 Å². The number of piperidine rings is 1. The number of halogens is 2. The van der Waals surface area contributed by atoms with Crippen molar-refractivity contribution in [1.29, 1.82) is 0 Å². The number of carbonyl (C=O) groups excluding carboxylic acids is 1. The van der Waals surface area contributed by atoms with E-state index >= 15 is 4.79 Å². The van der Waals surface area contributed by atoms with Crippen LogP contribution in [-0.4, -0.2) is 138 Å². The smallest absolute Gasteiger partial charge is 0.153 e. The topological polar surface area (TPSA) is 90.4 Å². The van der Waals surface area contributed by atoms with Crippen LogP contribution < -0.4 is 15.4 Å². The minimum Gasteiger partial charge on any atom is -0.457 e. The van der Waals surface area contributed by atoms with Gasteiger partial charge < -0.3 is 29.6 Å². The van der Waals surface area contributed by atoms with Crippen LogP contribution in [0.15, 0.2) is 103 Å². The molecule has 4 aliphatic heterocycles. The van der Waals surface area contributed by atoms with Crippen molar-refractivity contribution in [3.63, 3.8) is 0 Å². The van der Waals surface area contributed by atoms with Gasteiger partial charge in [0.25, 0.3) is 0 Å². The quantitative estimate of drug-likeness (QED) is 0.112. The van der Waals surface area contributed by atoms with Gasteiger partial charge in [0.15, 0.2) is 5.78 Å². The maximum absolute atomic E-state index is 17.5. The molecule has 5 fully saturated rings. The maximum Gasteiger partial charge on any atom is 0.153 e. The molecule has 5 aliphatic rings. The third kappa shape index (κ3) is 8.78. The number of hydrogen-bond donors (Lipinski definition) is 2. The van der Waals surface area contributed by atoms with E-state index in [2.05, 4.69) is 151 Å². The van der Waals surface area contributed by atoms with Gasteiger partial charge in [0, 0.05) is 103 Å². The molecule has 10 rings (SSSR count). The second-order valence-corrected chi connectivity index (χ2v) is 22.8. The van der Waals surface area contributed by atoms with E-state index in [4.69, 9.17) is 37.7 Å². The zero-order valence-electron chi connectivity index (χ0n) is 43.1. The van der Waals surface area contributed by atoms with Crippen LogP contribution in [0.1, 0.15) is 62.5 Å². The lowest BCUT2D eigenvalue weighted by Gasteiger charge is -2.57. The molecule has 1 saturated carbocycles. The van der Waals surface area contributed by atoms with E-state index in [1.54, 1.807) is 7.11 Å². The van der Waals surface area contributed by atoms with E-state index in [0.29, 0.717) is 24.0 Å². The molecule has 2 bridgehead atoms. The molecule has 2 N–H and O–H groups in total. The number of imidazole rings is 1. The number of ketones is 1. The van der Waals surface area contributed by atoms with Crippen LogP contribution >= 0.6 is 23.2 Å². The van der Waals surface area contributed by atoms with Crippen molar-refractivity contribution in [3.8, 4) is 22.8 Å². The van der Waals surface area contributed by atoms with Crippen LogP contribution in [0.25, 0.3) is 11.3 Å². The molecule has 1 spiro atoms. The second kappa shape index (κ2) is 20.3. The van der Waals surface area contributed by atoms with Gasteiger partial charge >= 0.3 is 0 Å². The molecule has 5 aromatic rings. The van der Waals surface area contributed by atoms with Gasteiger partial charge in [-0.15, -0.1) is 0 Å². The Labute approximate surface area is 432 Å². The largest absolute Gasteiger partial charge is 0.457 e. The van der Waals surface area contributed by atoms with E-state index in [0.717, 1.165) is 84.4 Å². The molecule has 4 aromatic carbocycles. The maximum atomic E-state index is 17.5. The van der Waals surface area contributed by atoms with Crippen molar-refractivity contribution >= 4 is 29.0 Å². The van der Waals surface area contributed by atoms with Gasteiger partial charge in [-0.25, -0.2) is 4.98 Å². The number of aromatic nitrogens is 2. The summed E-state index contributed by atoms with van der Waals surface area (Å²) in [6.07, 6.45) is 6.19. The molecule has 378 valence electrons. The normalized spacial score (nSPS) is 32.1. The summed E-state index contributed by atoms with van der Waals surface area (Å²) >= 11 is 13.3. The van der Waals surface area contributed by atoms with E-state index in [1.807, 2.05) is 42.6 Å². The molecule has 12 atom stereocenters. The first kappa shape index (κ1) is 50.4. The molecule has 0 radical (unpaired) electrons. The van der Waals surface area contributed by atoms with Crippen molar-refractivity contribution in [3.05, 3.63) is 136 Å². The van der Waals surface area contributed by atoms with Gasteiger partial charge in [-0.05, 0) is 140 Å². The average Bonchev–Trinajstić information content (AvgIpc) is 4.00. The van der Waals surface area contributed by atoms with Crippen molar-refractivity contribution < 1.29 is 14.3 Å². The highest BCUT2D eigenvalue weighted by atomic mass is 35.5. The van der Waals surface area contributed by atoms with Crippen molar-refractivity contribution in [2.24, 2.45) is 23.8 Å². The Morgan fingerprint density at radius 2 is 1.58 bits per heavy atom. The van der Waals surface area contributed by atoms with Gasteiger partial charge in [0.2, 0.25) is 0 Å². The second-order valence-electron chi connectivity index (χ2n) is 22.0. The number of nitrogens with one attached hydrogen (secondary N) is 2. The zero-order valence-corrected chi connectivity index (χ0v) is 44.6. The summed E-state index contributed by atoms with van der Waals surface area (Å²) in [7, 11) is 12.6. The fourth-order valence-corrected chi connectivity index (χ4v) is 15.0. The molecule has 11 nitrogen and oxygen atoms in total. The van der Waals surface area contributed by atoms with E-state index in [1.165, 1.54) is 11.1 Å². The number of nitrogens with zero attached hydrogens (tertiary/aromatic N) is 6. The monoisotopic (exact) mass is 1000 g/mol. The van der Waals surface area contributed by atoms with Crippen molar-refractivity contribution in [2.45, 2.75) is 120 Å². The Morgan fingerprint density at radius 1 is 0.859 bits per heavy atom. The van der Waals surface area contributed by atoms with Crippen LogP contribution in [0.2, 0.25) is 10.0 Å². The number of ether oxygens (including phenoxy) is 2. The summed E-state index contributed by atoms with van der Waals surface area (Å²) in [5.41, 5.74) is 4.24. The van der Waals surface area contributed by atoms with Crippen LogP contribution in [0.4, 0.5) is 0 Å². The van der Waals surface area contributed by atoms with Crippen LogP contribution in [-0.2, 0) is 42.5 Å². The standard InChI is InChI=1S/C58H74Cl2N8O3/c1-10-57-51-28-42(26-38-14-12-11-13-15-38)54(57)65(6)36(2)31-61-50-30-45(27-39-16-21-43(59)22-17-39)66(7)55-47(35-70-9)63-53(58(50,55)56(57)69)37(3)68(51)33-41-18-23-44(60)29-49(41)71-46-24-19-40(20-25-46)48-32-62-52(67(48)8)34-64(4)5/h11-25,29,32,36-37,42,45,47,50-51,53-55,61,63H,10,26-28,30-31,33-35H2,1-9H3/t36-,37+,42+,45-,47+,50?,51?,53?,54?,55?,57?,58?/m0/s1. The van der Waals surface area contributed by atoms with Gasteiger partial charge in [0.05, 0.1) is 35.9 Å². The van der Waals surface area contributed by atoms with Gasteiger partial charge in [-0.1, -0.05) is 78.7 Å². The average molecular weight is 1000 g/mol. The SMILES string of the molecule is CCC12C(=O)C34C5C[C@H](Cc6ccc(Cl)cc6)N(C)C3[C@@H](COC)NC4[C@@H](C)N(Cc3ccc(Cl)cc3Oc3ccc(-c4cnc(CN(C)C)n4C)cc3)C1C[C@@H](Cc1ccccc1)C2N(C)[C@@H](C)CN5. The van der Waals surface area contributed by atoms with Gasteiger partial charge in [-0.2, -0.15) is 0 Å². The molecular weight excluding hydrogens is 928 g/mol. The minimum atomic E-state index is -0.774. The third-order valence-corrected chi connectivity index (χ3v) is 18.4.